The van der Waals surface area contributed by atoms with Crippen molar-refractivity contribution in [3.05, 3.63) is 35.1 Å². The summed E-state index contributed by atoms with van der Waals surface area (Å²) < 4.78 is 51.7. The molecule has 0 aliphatic carbocycles. The summed E-state index contributed by atoms with van der Waals surface area (Å²) in [4.78, 5) is 11.5. The smallest absolute Gasteiger partial charge is 0.350 e. The average Bonchev–Trinajstić information content (AvgIpc) is 2.70. The average molecular weight is 303 g/mol. The first-order valence-electron chi connectivity index (χ1n) is 6.80. The normalized spacial score (nSPS) is 22.7. The maximum Gasteiger partial charge on any atom is 0.416 e. The van der Waals surface area contributed by atoms with Crippen molar-refractivity contribution < 1.29 is 22.4 Å². The van der Waals surface area contributed by atoms with E-state index in [0.29, 0.717) is 18.9 Å². The van der Waals surface area contributed by atoms with E-state index in [0.717, 1.165) is 12.1 Å². The van der Waals surface area contributed by atoms with Crippen LogP contribution in [0, 0.1) is 11.7 Å². The molecule has 0 radical (unpaired) electrons. The van der Waals surface area contributed by atoms with Crippen LogP contribution in [-0.4, -0.2) is 11.4 Å². The number of benzene rings is 1. The summed E-state index contributed by atoms with van der Waals surface area (Å²) >= 11 is 0. The van der Waals surface area contributed by atoms with Crippen molar-refractivity contribution in [1.29, 1.82) is 0 Å². The molecule has 1 unspecified atom stereocenters. The van der Waals surface area contributed by atoms with Gasteiger partial charge in [-0.3, -0.25) is 4.79 Å². The fourth-order valence-corrected chi connectivity index (χ4v) is 2.79. The highest BCUT2D eigenvalue weighted by Crippen LogP contribution is 2.35. The molecule has 1 atom stereocenters. The minimum atomic E-state index is -4.58. The van der Waals surface area contributed by atoms with Gasteiger partial charge in [0.05, 0.1) is 5.56 Å². The Bertz CT molecular complexity index is 553. The lowest BCUT2D eigenvalue weighted by atomic mass is 9.79. The van der Waals surface area contributed by atoms with Gasteiger partial charge in [-0.15, -0.1) is 0 Å². The lowest BCUT2D eigenvalue weighted by Crippen LogP contribution is -2.48. The zero-order valence-electron chi connectivity index (χ0n) is 11.9. The highest BCUT2D eigenvalue weighted by molar-refractivity contribution is 5.79. The summed E-state index contributed by atoms with van der Waals surface area (Å²) in [7, 11) is 0. The maximum absolute atomic E-state index is 13.4. The molecule has 1 amide bonds. The van der Waals surface area contributed by atoms with Gasteiger partial charge in [0, 0.05) is 12.0 Å². The fourth-order valence-electron chi connectivity index (χ4n) is 2.79. The number of carbonyl (C=O) groups excluding carboxylic acids is 1. The third-order valence-corrected chi connectivity index (χ3v) is 4.10. The number of nitrogens with one attached hydrogen (secondary N) is 1. The molecule has 1 N–H and O–H groups in total. The summed E-state index contributed by atoms with van der Waals surface area (Å²) in [5, 5.41) is 2.85. The van der Waals surface area contributed by atoms with Crippen LogP contribution in [0.15, 0.2) is 18.2 Å². The van der Waals surface area contributed by atoms with E-state index in [1.54, 1.807) is 0 Å². The molecule has 1 aliphatic heterocycles. The molecule has 1 heterocycles. The van der Waals surface area contributed by atoms with E-state index in [-0.39, 0.29) is 23.8 Å². The largest absolute Gasteiger partial charge is 0.416 e. The van der Waals surface area contributed by atoms with Gasteiger partial charge in [0.15, 0.2) is 0 Å². The van der Waals surface area contributed by atoms with E-state index >= 15 is 0 Å². The molecule has 0 bridgehead atoms. The number of rotatable bonds is 3. The summed E-state index contributed by atoms with van der Waals surface area (Å²) in [6, 6.07) is 2.54. The molecular weight excluding hydrogens is 286 g/mol. The van der Waals surface area contributed by atoms with Crippen LogP contribution >= 0.6 is 0 Å². The molecule has 21 heavy (non-hydrogen) atoms. The van der Waals surface area contributed by atoms with Crippen molar-refractivity contribution >= 4 is 5.91 Å². The third kappa shape index (κ3) is 3.36. The van der Waals surface area contributed by atoms with Crippen LogP contribution in [0.5, 0.6) is 0 Å². The molecule has 1 aromatic rings. The second-order valence-electron chi connectivity index (χ2n) is 5.88. The standard InChI is InChI=1S/C15H17F4NO/c1-9(2)14(4-3-13(21)20-14)8-10-5-11(15(17,18)19)7-12(16)6-10/h5-7,9H,3-4,8H2,1-2H3,(H,20,21). The number of amides is 1. The van der Waals surface area contributed by atoms with Crippen molar-refractivity contribution in [2.24, 2.45) is 5.92 Å². The molecule has 6 heteroatoms. The Kier molecular flexibility index (Phi) is 4.00. The lowest BCUT2D eigenvalue weighted by molar-refractivity contribution is -0.137. The first-order valence-corrected chi connectivity index (χ1v) is 6.80. The van der Waals surface area contributed by atoms with Crippen molar-refractivity contribution in [3.8, 4) is 0 Å². The zero-order valence-corrected chi connectivity index (χ0v) is 11.9. The van der Waals surface area contributed by atoms with E-state index in [9.17, 15) is 22.4 Å². The number of hydrogen-bond donors (Lipinski definition) is 1. The molecule has 0 aromatic heterocycles. The topological polar surface area (TPSA) is 29.1 Å². The molecule has 116 valence electrons. The first-order chi connectivity index (χ1) is 9.62. The number of halogens is 4. The Morgan fingerprint density at radius 2 is 1.95 bits per heavy atom. The SMILES string of the molecule is CC(C)C1(Cc2cc(F)cc(C(F)(F)F)c2)CCC(=O)N1. The van der Waals surface area contributed by atoms with Crippen LogP contribution in [0.1, 0.15) is 37.8 Å². The van der Waals surface area contributed by atoms with Gasteiger partial charge in [0.2, 0.25) is 5.91 Å². The highest BCUT2D eigenvalue weighted by Gasteiger charge is 2.41. The zero-order chi connectivity index (χ0) is 15.8. The van der Waals surface area contributed by atoms with E-state index in [1.807, 2.05) is 13.8 Å². The second kappa shape index (κ2) is 5.31. The molecule has 2 rings (SSSR count). The van der Waals surface area contributed by atoms with Gasteiger partial charge in [-0.25, -0.2) is 4.39 Å². The molecule has 2 nitrogen and oxygen atoms in total. The van der Waals surface area contributed by atoms with E-state index in [2.05, 4.69) is 5.32 Å². The van der Waals surface area contributed by atoms with Gasteiger partial charge in [-0.1, -0.05) is 13.8 Å². The maximum atomic E-state index is 13.4. The van der Waals surface area contributed by atoms with Crippen LogP contribution in [0.3, 0.4) is 0 Å². The lowest BCUT2D eigenvalue weighted by Gasteiger charge is -2.34. The Morgan fingerprint density at radius 1 is 1.29 bits per heavy atom. The molecule has 1 fully saturated rings. The second-order valence-corrected chi connectivity index (χ2v) is 5.88. The minimum absolute atomic E-state index is 0.0431. The van der Waals surface area contributed by atoms with Crippen LogP contribution < -0.4 is 5.32 Å². The van der Waals surface area contributed by atoms with Crippen LogP contribution in [-0.2, 0) is 17.4 Å². The predicted octanol–water partition coefficient (Wildman–Crippen LogP) is 3.69. The quantitative estimate of drug-likeness (QED) is 0.848. The predicted molar refractivity (Wildman–Crippen MR) is 70.1 cm³/mol. The van der Waals surface area contributed by atoms with Gasteiger partial charge < -0.3 is 5.32 Å². The van der Waals surface area contributed by atoms with Crippen molar-refractivity contribution in [1.82, 2.24) is 5.32 Å². The van der Waals surface area contributed by atoms with Gasteiger partial charge >= 0.3 is 6.18 Å². The summed E-state index contributed by atoms with van der Waals surface area (Å²) in [6.45, 7) is 3.80. The summed E-state index contributed by atoms with van der Waals surface area (Å²) in [5.74, 6) is -0.985. The van der Waals surface area contributed by atoms with Crippen molar-refractivity contribution in [2.75, 3.05) is 0 Å². The molecule has 0 spiro atoms. The molecule has 1 aromatic carbocycles. The Hall–Kier alpha value is -1.59. The monoisotopic (exact) mass is 303 g/mol. The van der Waals surface area contributed by atoms with E-state index in [1.165, 1.54) is 0 Å². The molecule has 0 saturated carbocycles. The van der Waals surface area contributed by atoms with E-state index < -0.39 is 23.1 Å². The number of carbonyl (C=O) groups is 1. The van der Waals surface area contributed by atoms with Crippen LogP contribution in [0.25, 0.3) is 0 Å². The molecular formula is C15H17F4NO. The Morgan fingerprint density at radius 3 is 2.43 bits per heavy atom. The Labute approximate surface area is 120 Å². The van der Waals surface area contributed by atoms with Gasteiger partial charge in [0.1, 0.15) is 5.82 Å². The van der Waals surface area contributed by atoms with E-state index in [4.69, 9.17) is 0 Å². The number of alkyl halides is 3. The van der Waals surface area contributed by atoms with Crippen LogP contribution in [0.2, 0.25) is 0 Å². The highest BCUT2D eigenvalue weighted by atomic mass is 19.4. The summed E-state index contributed by atoms with van der Waals surface area (Å²) in [5.41, 5.74) is -1.35. The van der Waals surface area contributed by atoms with Gasteiger partial charge in [-0.05, 0) is 42.5 Å². The van der Waals surface area contributed by atoms with Crippen molar-refractivity contribution in [2.45, 2.75) is 44.8 Å². The first kappa shape index (κ1) is 15.8. The minimum Gasteiger partial charge on any atom is -0.350 e. The fraction of sp³-hybridized carbons (Fsp3) is 0.533. The molecule has 1 aliphatic rings. The number of hydrogen-bond acceptors (Lipinski definition) is 1. The van der Waals surface area contributed by atoms with Crippen molar-refractivity contribution in [3.63, 3.8) is 0 Å². The van der Waals surface area contributed by atoms with Gasteiger partial charge in [-0.2, -0.15) is 13.2 Å². The summed E-state index contributed by atoms with van der Waals surface area (Å²) in [6.07, 6.45) is -3.50. The van der Waals surface area contributed by atoms with Crippen LogP contribution in [0.4, 0.5) is 17.6 Å². The molecule has 1 saturated heterocycles. The van der Waals surface area contributed by atoms with Gasteiger partial charge in [0.25, 0.3) is 0 Å². The third-order valence-electron chi connectivity index (χ3n) is 4.10. The Balaban J connectivity index is 2.34.